The van der Waals surface area contributed by atoms with Crippen molar-refractivity contribution in [3.63, 3.8) is 0 Å². The summed E-state index contributed by atoms with van der Waals surface area (Å²) in [4.78, 5) is 24.6. The molecule has 5 nitrogen and oxygen atoms in total. The van der Waals surface area contributed by atoms with Crippen molar-refractivity contribution in [2.75, 3.05) is 6.54 Å². The van der Waals surface area contributed by atoms with Crippen LogP contribution in [-0.4, -0.2) is 35.2 Å². The van der Waals surface area contributed by atoms with Crippen molar-refractivity contribution in [1.29, 1.82) is 0 Å². The van der Waals surface area contributed by atoms with Crippen LogP contribution in [-0.2, 0) is 27.2 Å². The second kappa shape index (κ2) is 8.38. The Morgan fingerprint density at radius 1 is 0.964 bits per heavy atom. The number of esters is 1. The van der Waals surface area contributed by atoms with E-state index in [1.165, 1.54) is 16.1 Å². The molecular weight excluding hydrogens is 352 g/mol. The summed E-state index contributed by atoms with van der Waals surface area (Å²) < 4.78 is 5.61. The molecule has 0 spiro atoms. The van der Waals surface area contributed by atoms with Gasteiger partial charge in [-0.15, -0.1) is 0 Å². The van der Waals surface area contributed by atoms with Crippen LogP contribution in [0.15, 0.2) is 59.7 Å². The molecule has 1 heterocycles. The lowest BCUT2D eigenvalue weighted by Gasteiger charge is -2.24. The molecule has 4 rings (SSSR count). The first kappa shape index (κ1) is 18.4. The lowest BCUT2D eigenvalue weighted by Crippen LogP contribution is -2.27. The highest BCUT2D eigenvalue weighted by Gasteiger charge is 2.24. The Morgan fingerprint density at radius 3 is 2.54 bits per heavy atom. The van der Waals surface area contributed by atoms with Crippen LogP contribution in [0.4, 0.5) is 0 Å². The van der Waals surface area contributed by atoms with Gasteiger partial charge in [-0.25, -0.2) is 5.01 Å². The molecule has 0 radical (unpaired) electrons. The van der Waals surface area contributed by atoms with E-state index in [4.69, 9.17) is 4.74 Å². The van der Waals surface area contributed by atoms with Gasteiger partial charge in [-0.1, -0.05) is 54.6 Å². The van der Waals surface area contributed by atoms with Gasteiger partial charge in [-0.05, 0) is 29.5 Å². The zero-order valence-corrected chi connectivity index (χ0v) is 15.8. The molecule has 28 heavy (non-hydrogen) atoms. The molecule has 1 aliphatic heterocycles. The van der Waals surface area contributed by atoms with E-state index >= 15 is 0 Å². The quantitative estimate of drug-likeness (QED) is 0.751. The molecule has 1 aliphatic carbocycles. The predicted octanol–water partition coefficient (Wildman–Crippen LogP) is 3.50. The van der Waals surface area contributed by atoms with Gasteiger partial charge in [0, 0.05) is 19.3 Å². The number of aryl methyl sites for hydroxylation is 1. The van der Waals surface area contributed by atoms with E-state index in [9.17, 15) is 9.59 Å². The third-order valence-corrected chi connectivity index (χ3v) is 5.34. The molecule has 144 valence electrons. The molecular formula is C23H24N2O3. The molecule has 2 aliphatic rings. The maximum Gasteiger partial charge on any atom is 0.306 e. The fourth-order valence-corrected chi connectivity index (χ4v) is 3.82. The minimum absolute atomic E-state index is 0.0907. The Labute approximate surface area is 165 Å². The van der Waals surface area contributed by atoms with Gasteiger partial charge in [0.25, 0.3) is 0 Å². The number of benzene rings is 2. The summed E-state index contributed by atoms with van der Waals surface area (Å²) in [6, 6.07) is 18.1. The van der Waals surface area contributed by atoms with E-state index in [0.29, 0.717) is 6.54 Å². The average Bonchev–Trinajstić information content (AvgIpc) is 3.23. The smallest absolute Gasteiger partial charge is 0.306 e. The first-order chi connectivity index (χ1) is 13.7. The number of carbonyl (C=O) groups excluding carboxylic acids is 2. The molecule has 0 fully saturated rings. The molecule has 0 aromatic heterocycles. The van der Waals surface area contributed by atoms with Crippen molar-refractivity contribution in [2.24, 2.45) is 5.10 Å². The van der Waals surface area contributed by atoms with E-state index in [1.54, 1.807) is 0 Å². The van der Waals surface area contributed by atoms with Crippen molar-refractivity contribution in [1.82, 2.24) is 5.01 Å². The summed E-state index contributed by atoms with van der Waals surface area (Å²) in [6.07, 6.45) is 3.41. The summed E-state index contributed by atoms with van der Waals surface area (Å²) in [6.45, 7) is 0.567. The van der Waals surface area contributed by atoms with Crippen molar-refractivity contribution >= 4 is 17.6 Å². The molecule has 1 unspecified atom stereocenters. The minimum atomic E-state index is -0.302. The Balaban J connectivity index is 1.25. The van der Waals surface area contributed by atoms with Gasteiger partial charge in [0.05, 0.1) is 18.7 Å². The highest BCUT2D eigenvalue weighted by molar-refractivity contribution is 6.02. The van der Waals surface area contributed by atoms with Gasteiger partial charge in [0.1, 0.15) is 6.10 Å². The van der Waals surface area contributed by atoms with Crippen LogP contribution in [0.3, 0.4) is 0 Å². The van der Waals surface area contributed by atoms with E-state index in [0.717, 1.165) is 37.0 Å². The third kappa shape index (κ3) is 4.30. The van der Waals surface area contributed by atoms with Crippen LogP contribution in [0.1, 0.15) is 42.4 Å². The van der Waals surface area contributed by atoms with Crippen LogP contribution < -0.4 is 0 Å². The summed E-state index contributed by atoms with van der Waals surface area (Å²) in [7, 11) is 0. The molecule has 1 amide bonds. The van der Waals surface area contributed by atoms with Gasteiger partial charge >= 0.3 is 5.97 Å². The fraction of sp³-hybridized carbons (Fsp3) is 0.348. The zero-order chi connectivity index (χ0) is 19.3. The summed E-state index contributed by atoms with van der Waals surface area (Å²) >= 11 is 0. The van der Waals surface area contributed by atoms with Crippen LogP contribution in [0.2, 0.25) is 0 Å². The van der Waals surface area contributed by atoms with Crippen LogP contribution in [0.25, 0.3) is 0 Å². The van der Waals surface area contributed by atoms with Crippen molar-refractivity contribution in [3.8, 4) is 0 Å². The number of hydrazone groups is 1. The second-order valence-electron chi connectivity index (χ2n) is 7.30. The number of ether oxygens (including phenoxy) is 1. The van der Waals surface area contributed by atoms with E-state index in [-0.39, 0.29) is 30.8 Å². The predicted molar refractivity (Wildman–Crippen MR) is 107 cm³/mol. The first-order valence-corrected chi connectivity index (χ1v) is 9.88. The molecule has 0 N–H and O–H groups in total. The Kier molecular flexibility index (Phi) is 5.51. The molecule has 0 bridgehead atoms. The highest BCUT2D eigenvalue weighted by Crippen LogP contribution is 2.23. The van der Waals surface area contributed by atoms with E-state index in [1.807, 2.05) is 42.5 Å². The Morgan fingerprint density at radius 2 is 1.71 bits per heavy atom. The highest BCUT2D eigenvalue weighted by atomic mass is 16.5. The monoisotopic (exact) mass is 376 g/mol. The van der Waals surface area contributed by atoms with Crippen molar-refractivity contribution in [3.05, 3.63) is 71.3 Å². The van der Waals surface area contributed by atoms with Gasteiger partial charge in [0.2, 0.25) is 5.91 Å². The summed E-state index contributed by atoms with van der Waals surface area (Å²) in [5.41, 5.74) is 4.54. The molecule has 2 aromatic rings. The normalized spacial score (nSPS) is 18.4. The SMILES string of the molecule is O=C(CCC(=O)N1CCC(c2ccccc2)=N1)OC1CCc2ccccc2C1. The van der Waals surface area contributed by atoms with Crippen LogP contribution >= 0.6 is 0 Å². The first-order valence-electron chi connectivity index (χ1n) is 9.88. The standard InChI is InChI=1S/C23H24N2O3/c26-22(25-15-14-21(24-25)18-7-2-1-3-8-18)12-13-23(27)28-20-11-10-17-6-4-5-9-19(17)16-20/h1-9,20H,10-16H2. The minimum Gasteiger partial charge on any atom is -0.462 e. The largest absolute Gasteiger partial charge is 0.462 e. The van der Waals surface area contributed by atoms with Crippen LogP contribution in [0, 0.1) is 0 Å². The lowest BCUT2D eigenvalue weighted by atomic mass is 9.90. The van der Waals surface area contributed by atoms with E-state index in [2.05, 4.69) is 17.2 Å². The average molecular weight is 376 g/mol. The zero-order valence-electron chi connectivity index (χ0n) is 15.8. The number of hydrogen-bond acceptors (Lipinski definition) is 4. The molecule has 0 saturated heterocycles. The maximum atomic E-state index is 12.4. The van der Waals surface area contributed by atoms with Gasteiger partial charge in [-0.3, -0.25) is 9.59 Å². The molecule has 5 heteroatoms. The summed E-state index contributed by atoms with van der Waals surface area (Å²) in [5, 5.41) is 5.90. The third-order valence-electron chi connectivity index (χ3n) is 5.34. The number of amides is 1. The second-order valence-corrected chi connectivity index (χ2v) is 7.30. The Bertz CT molecular complexity index is 892. The Hall–Kier alpha value is -2.95. The van der Waals surface area contributed by atoms with Gasteiger partial charge in [-0.2, -0.15) is 5.10 Å². The number of hydrogen-bond donors (Lipinski definition) is 0. The summed E-state index contributed by atoms with van der Waals surface area (Å²) in [5.74, 6) is -0.430. The maximum absolute atomic E-state index is 12.4. The topological polar surface area (TPSA) is 59.0 Å². The number of fused-ring (bicyclic) bond motifs is 1. The molecule has 0 saturated carbocycles. The number of nitrogens with zero attached hydrogens (tertiary/aromatic N) is 2. The number of rotatable bonds is 5. The van der Waals surface area contributed by atoms with Crippen molar-refractivity contribution < 1.29 is 14.3 Å². The molecule has 2 aromatic carbocycles. The molecule has 1 atom stereocenters. The lowest BCUT2D eigenvalue weighted by molar-refractivity contribution is -0.151. The van der Waals surface area contributed by atoms with E-state index < -0.39 is 0 Å². The van der Waals surface area contributed by atoms with Gasteiger partial charge < -0.3 is 4.74 Å². The van der Waals surface area contributed by atoms with Crippen molar-refractivity contribution in [2.45, 2.75) is 44.6 Å². The van der Waals surface area contributed by atoms with Gasteiger partial charge in [0.15, 0.2) is 0 Å². The fourth-order valence-electron chi connectivity index (χ4n) is 3.82. The van der Waals surface area contributed by atoms with Crippen LogP contribution in [0.5, 0.6) is 0 Å². The number of carbonyl (C=O) groups is 2.